The number of nitrogens with one attached hydrogen (secondary N) is 1. The molecule has 116 valence electrons. The topological polar surface area (TPSA) is 98.0 Å². The van der Waals surface area contributed by atoms with Crippen molar-refractivity contribution in [3.63, 3.8) is 0 Å². The molecule has 0 aliphatic heterocycles. The predicted octanol–water partition coefficient (Wildman–Crippen LogP) is 3.37. The molecule has 3 aromatic rings. The number of nitrogens with zero attached hydrogens (tertiary/aromatic N) is 2. The summed E-state index contributed by atoms with van der Waals surface area (Å²) in [6, 6.07) is 12.0. The van der Waals surface area contributed by atoms with E-state index in [0.29, 0.717) is 5.13 Å². The number of rotatable bonds is 4. The van der Waals surface area contributed by atoms with Crippen LogP contribution in [0.15, 0.2) is 52.9 Å². The molecular weight excluding hydrogens is 314 g/mol. The smallest absolute Gasteiger partial charge is 0.203 e. The molecule has 0 fully saturated rings. The van der Waals surface area contributed by atoms with E-state index in [1.165, 1.54) is 17.6 Å². The Kier molecular flexibility index (Phi) is 4.11. The minimum Gasteiger partial charge on any atom is -0.508 e. The maximum Gasteiger partial charge on any atom is 0.203 e. The lowest BCUT2D eigenvalue weighted by molar-refractivity contribution is 0.427. The standard InChI is InChI=1S/C16H13N3O3S/c20-11-6-14(21)12(15(22)7-11)8-17-19-16-18-13(9-23-16)10-4-2-1-3-5-10/h1-9,20-22H,(H,18,19)/b17-8+. The first-order valence-electron chi connectivity index (χ1n) is 6.68. The van der Waals surface area contributed by atoms with Gasteiger partial charge in [0.15, 0.2) is 0 Å². The molecule has 0 atom stereocenters. The largest absolute Gasteiger partial charge is 0.508 e. The van der Waals surface area contributed by atoms with Crippen molar-refractivity contribution in [3.8, 4) is 28.5 Å². The summed E-state index contributed by atoms with van der Waals surface area (Å²) in [4.78, 5) is 4.40. The number of phenols is 3. The average Bonchev–Trinajstić information content (AvgIpc) is 2.99. The summed E-state index contributed by atoms with van der Waals surface area (Å²) in [6.45, 7) is 0. The molecule has 0 aliphatic carbocycles. The number of benzene rings is 2. The second kappa shape index (κ2) is 6.37. The minimum absolute atomic E-state index is 0.107. The van der Waals surface area contributed by atoms with Crippen molar-refractivity contribution in [2.24, 2.45) is 5.10 Å². The van der Waals surface area contributed by atoms with Gasteiger partial charge in [0.05, 0.1) is 17.5 Å². The van der Waals surface area contributed by atoms with Gasteiger partial charge in [-0.25, -0.2) is 4.98 Å². The van der Waals surface area contributed by atoms with E-state index < -0.39 is 0 Å². The fourth-order valence-electron chi connectivity index (χ4n) is 1.96. The maximum absolute atomic E-state index is 9.67. The first-order valence-corrected chi connectivity index (χ1v) is 7.56. The van der Waals surface area contributed by atoms with E-state index in [-0.39, 0.29) is 22.8 Å². The lowest BCUT2D eigenvalue weighted by atomic mass is 10.2. The monoisotopic (exact) mass is 327 g/mol. The van der Waals surface area contributed by atoms with Gasteiger partial charge in [0.1, 0.15) is 17.2 Å². The maximum atomic E-state index is 9.67. The van der Waals surface area contributed by atoms with Gasteiger partial charge in [-0.1, -0.05) is 30.3 Å². The molecule has 6 nitrogen and oxygen atoms in total. The highest BCUT2D eigenvalue weighted by Gasteiger charge is 2.07. The molecule has 0 spiro atoms. The van der Waals surface area contributed by atoms with Gasteiger partial charge in [-0.2, -0.15) is 5.10 Å². The average molecular weight is 327 g/mol. The lowest BCUT2D eigenvalue weighted by Gasteiger charge is -2.02. The van der Waals surface area contributed by atoms with E-state index in [2.05, 4.69) is 15.5 Å². The number of phenolic OH excluding ortho intramolecular Hbond substituents is 3. The van der Waals surface area contributed by atoms with Gasteiger partial charge in [0.2, 0.25) is 5.13 Å². The zero-order chi connectivity index (χ0) is 16.2. The van der Waals surface area contributed by atoms with Gasteiger partial charge >= 0.3 is 0 Å². The van der Waals surface area contributed by atoms with Crippen LogP contribution in [0.3, 0.4) is 0 Å². The first-order chi connectivity index (χ1) is 11.1. The molecule has 0 unspecified atom stereocenters. The molecular formula is C16H13N3O3S. The van der Waals surface area contributed by atoms with Crippen LogP contribution in [0.25, 0.3) is 11.3 Å². The van der Waals surface area contributed by atoms with E-state index in [9.17, 15) is 15.3 Å². The highest BCUT2D eigenvalue weighted by molar-refractivity contribution is 7.14. The zero-order valence-corrected chi connectivity index (χ0v) is 12.7. The van der Waals surface area contributed by atoms with Crippen molar-refractivity contribution in [1.29, 1.82) is 0 Å². The molecule has 0 bridgehead atoms. The van der Waals surface area contributed by atoms with Gasteiger partial charge in [-0.05, 0) is 0 Å². The number of anilines is 1. The Balaban J connectivity index is 1.73. The fourth-order valence-corrected chi connectivity index (χ4v) is 2.63. The van der Waals surface area contributed by atoms with Crippen LogP contribution >= 0.6 is 11.3 Å². The number of hydrogen-bond acceptors (Lipinski definition) is 7. The predicted molar refractivity (Wildman–Crippen MR) is 90.2 cm³/mol. The molecule has 7 heteroatoms. The van der Waals surface area contributed by atoms with Crippen LogP contribution in [0, 0.1) is 0 Å². The molecule has 1 heterocycles. The Bertz CT molecular complexity index is 824. The van der Waals surface area contributed by atoms with Gasteiger partial charge < -0.3 is 15.3 Å². The van der Waals surface area contributed by atoms with E-state index >= 15 is 0 Å². The zero-order valence-electron chi connectivity index (χ0n) is 11.8. The van der Waals surface area contributed by atoms with E-state index in [4.69, 9.17) is 0 Å². The van der Waals surface area contributed by atoms with Crippen LogP contribution in [0.4, 0.5) is 5.13 Å². The minimum atomic E-state index is -0.267. The molecule has 23 heavy (non-hydrogen) atoms. The normalized spacial score (nSPS) is 11.0. The Morgan fingerprint density at radius 2 is 1.74 bits per heavy atom. The Morgan fingerprint density at radius 1 is 1.04 bits per heavy atom. The summed E-state index contributed by atoms with van der Waals surface area (Å²) < 4.78 is 0. The van der Waals surface area contributed by atoms with Gasteiger partial charge in [0.25, 0.3) is 0 Å². The third-order valence-corrected chi connectivity index (χ3v) is 3.80. The fraction of sp³-hybridized carbons (Fsp3) is 0. The van der Waals surface area contributed by atoms with Gasteiger partial charge in [0, 0.05) is 23.1 Å². The molecule has 0 saturated carbocycles. The summed E-state index contributed by atoms with van der Waals surface area (Å²) in [5.74, 6) is -0.758. The molecule has 4 N–H and O–H groups in total. The second-order valence-corrected chi connectivity index (χ2v) is 5.53. The lowest BCUT2D eigenvalue weighted by Crippen LogP contribution is -1.91. The van der Waals surface area contributed by atoms with Crippen molar-refractivity contribution in [2.75, 3.05) is 5.43 Å². The molecule has 1 aromatic heterocycles. The number of aromatic hydroxyl groups is 3. The van der Waals surface area contributed by atoms with Crippen molar-refractivity contribution in [1.82, 2.24) is 4.98 Å². The Labute approximate surface area is 136 Å². The SMILES string of the molecule is Oc1cc(O)c(/C=N/Nc2nc(-c3ccccc3)cs2)c(O)c1. The third kappa shape index (κ3) is 3.41. The number of aromatic nitrogens is 1. The van der Waals surface area contributed by atoms with Crippen molar-refractivity contribution in [2.45, 2.75) is 0 Å². The van der Waals surface area contributed by atoms with E-state index in [1.807, 2.05) is 35.7 Å². The highest BCUT2D eigenvalue weighted by atomic mass is 32.1. The van der Waals surface area contributed by atoms with E-state index in [1.54, 1.807) is 0 Å². The summed E-state index contributed by atoms with van der Waals surface area (Å²) in [7, 11) is 0. The summed E-state index contributed by atoms with van der Waals surface area (Å²) in [5.41, 5.74) is 4.70. The summed E-state index contributed by atoms with van der Waals surface area (Å²) in [6.07, 6.45) is 1.26. The van der Waals surface area contributed by atoms with E-state index in [0.717, 1.165) is 23.4 Å². The van der Waals surface area contributed by atoms with Gasteiger partial charge in [-0.15, -0.1) is 11.3 Å². The summed E-state index contributed by atoms with van der Waals surface area (Å²) >= 11 is 1.39. The van der Waals surface area contributed by atoms with Crippen LogP contribution in [-0.4, -0.2) is 26.5 Å². The first kappa shape index (κ1) is 14.9. The van der Waals surface area contributed by atoms with Crippen LogP contribution in [-0.2, 0) is 0 Å². The van der Waals surface area contributed by atoms with Crippen molar-refractivity contribution < 1.29 is 15.3 Å². The third-order valence-electron chi connectivity index (χ3n) is 3.05. The molecule has 0 radical (unpaired) electrons. The molecule has 0 aliphatic rings. The molecule has 0 amide bonds. The number of thiazole rings is 1. The molecule has 3 rings (SSSR count). The second-order valence-electron chi connectivity index (χ2n) is 4.67. The van der Waals surface area contributed by atoms with Gasteiger partial charge in [-0.3, -0.25) is 5.43 Å². The number of hydrazone groups is 1. The summed E-state index contributed by atoms with van der Waals surface area (Å²) in [5, 5.41) is 35.0. The van der Waals surface area contributed by atoms with Crippen LogP contribution in [0.1, 0.15) is 5.56 Å². The Hall–Kier alpha value is -3.06. The molecule has 0 saturated heterocycles. The Morgan fingerprint density at radius 3 is 2.43 bits per heavy atom. The van der Waals surface area contributed by atoms with Crippen LogP contribution in [0.5, 0.6) is 17.2 Å². The van der Waals surface area contributed by atoms with Crippen molar-refractivity contribution >= 4 is 22.7 Å². The number of hydrogen-bond donors (Lipinski definition) is 4. The van der Waals surface area contributed by atoms with Crippen LogP contribution in [0.2, 0.25) is 0 Å². The van der Waals surface area contributed by atoms with Crippen LogP contribution < -0.4 is 5.43 Å². The quantitative estimate of drug-likeness (QED) is 0.435. The van der Waals surface area contributed by atoms with Crippen molar-refractivity contribution in [3.05, 3.63) is 53.4 Å². The highest BCUT2D eigenvalue weighted by Crippen LogP contribution is 2.30. The molecule has 2 aromatic carbocycles.